The van der Waals surface area contributed by atoms with Crippen molar-refractivity contribution < 1.29 is 24.5 Å². The molecule has 0 fully saturated rings. The summed E-state index contributed by atoms with van der Waals surface area (Å²) in [5.74, 6) is 0.836. The van der Waals surface area contributed by atoms with E-state index in [1.165, 1.54) is 12.1 Å². The highest BCUT2D eigenvalue weighted by atomic mass is 16.5. The number of likely N-dealkylation sites (N-methyl/N-ethyl adjacent to an activating group) is 1. The molecule has 10 nitrogen and oxygen atoms in total. The maximum Gasteiger partial charge on any atom is 0.248 e. The van der Waals surface area contributed by atoms with Gasteiger partial charge in [0.1, 0.15) is 11.5 Å². The number of aromatic nitrogens is 2. The van der Waals surface area contributed by atoms with Crippen molar-refractivity contribution in [2.45, 2.75) is 31.4 Å². The lowest BCUT2D eigenvalue weighted by Gasteiger charge is -2.26. The van der Waals surface area contributed by atoms with Crippen molar-refractivity contribution in [1.29, 1.82) is 0 Å². The van der Waals surface area contributed by atoms with Gasteiger partial charge in [-0.05, 0) is 47.0 Å². The summed E-state index contributed by atoms with van der Waals surface area (Å²) in [5.41, 5.74) is 2.59. The van der Waals surface area contributed by atoms with Crippen molar-refractivity contribution in [1.82, 2.24) is 20.2 Å². The predicted molar refractivity (Wildman–Crippen MR) is 187 cm³/mol. The number of benzene rings is 4. The highest BCUT2D eigenvalue weighted by molar-refractivity contribution is 5.87. The molecule has 0 radical (unpaired) electrons. The fraction of sp³-hybridized carbons (Fsp3) is 0.231. The molecular formula is C39H40N4O6. The van der Waals surface area contributed by atoms with Gasteiger partial charge < -0.3 is 34.8 Å². The maximum absolute atomic E-state index is 11.9. The molecule has 252 valence electrons. The van der Waals surface area contributed by atoms with E-state index in [-0.39, 0.29) is 17.2 Å². The van der Waals surface area contributed by atoms with Crippen molar-refractivity contribution in [2.75, 3.05) is 26.7 Å². The average molecular weight is 661 g/mol. The smallest absolute Gasteiger partial charge is 0.248 e. The third-order valence-electron chi connectivity index (χ3n) is 8.51. The van der Waals surface area contributed by atoms with Crippen LogP contribution in [0.2, 0.25) is 0 Å². The number of aromatic hydroxyl groups is 1. The third kappa shape index (κ3) is 7.97. The SMILES string of the molecule is CN(CCOCc1ccc(CNC[C@H](O)c2ccc(O)c3[nH]c(=O)ccc23)cc1)Cc1cnc(C(O)(c2ccccc2)c2ccccc2)o1. The molecule has 0 bridgehead atoms. The second-order valence-corrected chi connectivity index (χ2v) is 12.1. The van der Waals surface area contributed by atoms with Crippen LogP contribution in [-0.2, 0) is 30.0 Å². The molecule has 6 aromatic rings. The van der Waals surface area contributed by atoms with E-state index >= 15 is 0 Å². The molecule has 0 unspecified atom stereocenters. The van der Waals surface area contributed by atoms with E-state index in [4.69, 9.17) is 9.15 Å². The number of nitrogens with one attached hydrogen (secondary N) is 2. The lowest BCUT2D eigenvalue weighted by Crippen LogP contribution is -2.29. The molecule has 5 N–H and O–H groups in total. The summed E-state index contributed by atoms with van der Waals surface area (Å²) >= 11 is 0. The fourth-order valence-corrected chi connectivity index (χ4v) is 5.84. The summed E-state index contributed by atoms with van der Waals surface area (Å²) in [6.07, 6.45) is 0.844. The van der Waals surface area contributed by atoms with Gasteiger partial charge in [-0.3, -0.25) is 9.69 Å². The molecule has 0 aliphatic carbocycles. The standard InChI is InChI=1S/C39H40N4O6/c1-43(25-31-23-41-38(49-31)39(47,29-8-4-2-5-9-29)30-10-6-3-7-11-30)20-21-48-26-28-14-12-27(13-15-28)22-40-24-35(45)32-16-18-34(44)37-33(32)17-19-36(46)42-37/h2-19,23,35,40,44-45,47H,20-22,24-26H2,1H3,(H,42,46)/t35-/m0/s1. The van der Waals surface area contributed by atoms with E-state index in [0.29, 0.717) is 72.7 Å². The zero-order valence-corrected chi connectivity index (χ0v) is 27.3. The monoisotopic (exact) mass is 660 g/mol. The number of fused-ring (bicyclic) bond motifs is 1. The molecule has 0 aliphatic rings. The van der Waals surface area contributed by atoms with E-state index in [1.54, 1.807) is 18.3 Å². The Kier molecular flexibility index (Phi) is 10.6. The fourth-order valence-electron chi connectivity index (χ4n) is 5.84. The van der Waals surface area contributed by atoms with Gasteiger partial charge >= 0.3 is 0 Å². The zero-order valence-electron chi connectivity index (χ0n) is 27.3. The molecule has 2 heterocycles. The van der Waals surface area contributed by atoms with E-state index in [9.17, 15) is 20.1 Å². The van der Waals surface area contributed by atoms with Gasteiger partial charge in [-0.25, -0.2) is 4.98 Å². The minimum Gasteiger partial charge on any atom is -0.506 e. The quantitative estimate of drug-likeness (QED) is 0.0964. The Morgan fingerprint density at radius 3 is 2.29 bits per heavy atom. The first kappa shape index (κ1) is 33.8. The Morgan fingerprint density at radius 1 is 0.918 bits per heavy atom. The Bertz CT molecular complexity index is 1970. The first-order valence-corrected chi connectivity index (χ1v) is 16.2. The molecule has 49 heavy (non-hydrogen) atoms. The lowest BCUT2D eigenvalue weighted by atomic mass is 9.86. The predicted octanol–water partition coefficient (Wildman–Crippen LogP) is 4.98. The number of phenols is 1. The van der Waals surface area contributed by atoms with Gasteiger partial charge in [0, 0.05) is 31.1 Å². The number of aliphatic hydroxyl groups excluding tert-OH is 1. The zero-order chi connectivity index (χ0) is 34.2. The summed E-state index contributed by atoms with van der Waals surface area (Å²) in [4.78, 5) is 20.9. The van der Waals surface area contributed by atoms with Crippen molar-refractivity contribution >= 4 is 10.9 Å². The van der Waals surface area contributed by atoms with E-state index in [1.807, 2.05) is 92.0 Å². The number of aromatic amines is 1. The first-order valence-electron chi connectivity index (χ1n) is 16.2. The number of nitrogens with zero attached hydrogens (tertiary/aromatic N) is 2. The van der Waals surface area contributed by atoms with Crippen LogP contribution >= 0.6 is 0 Å². The van der Waals surface area contributed by atoms with Crippen LogP contribution in [0.5, 0.6) is 5.75 Å². The molecule has 10 heteroatoms. The summed E-state index contributed by atoms with van der Waals surface area (Å²) in [6.45, 7) is 3.05. The number of hydrogen-bond acceptors (Lipinski definition) is 9. The second-order valence-electron chi connectivity index (χ2n) is 12.1. The normalized spacial score (nSPS) is 12.5. The number of phenolic OH excluding ortho intramolecular Hbond substituents is 1. The number of aliphatic hydroxyl groups is 2. The van der Waals surface area contributed by atoms with Gasteiger partial charge in [0.15, 0.2) is 5.60 Å². The maximum atomic E-state index is 11.9. The van der Waals surface area contributed by atoms with Crippen LogP contribution in [0, 0.1) is 0 Å². The van der Waals surface area contributed by atoms with Gasteiger partial charge in [0.05, 0.1) is 37.6 Å². The van der Waals surface area contributed by atoms with E-state index in [2.05, 4.69) is 20.2 Å². The van der Waals surface area contributed by atoms with Crippen molar-refractivity contribution in [3.63, 3.8) is 0 Å². The number of hydrogen-bond donors (Lipinski definition) is 5. The number of rotatable bonds is 15. The van der Waals surface area contributed by atoms with Gasteiger partial charge in [-0.2, -0.15) is 0 Å². The van der Waals surface area contributed by atoms with Crippen molar-refractivity contribution in [2.24, 2.45) is 0 Å². The molecule has 6 rings (SSSR count). The number of oxazole rings is 1. The molecule has 1 atom stereocenters. The van der Waals surface area contributed by atoms with Crippen LogP contribution in [-0.4, -0.2) is 56.9 Å². The topological polar surface area (TPSA) is 144 Å². The van der Waals surface area contributed by atoms with Gasteiger partial charge in [-0.1, -0.05) is 91.0 Å². The van der Waals surface area contributed by atoms with Crippen molar-refractivity contribution in [3.05, 3.63) is 165 Å². The molecule has 2 aromatic heterocycles. The summed E-state index contributed by atoms with van der Waals surface area (Å²) < 4.78 is 12.1. The van der Waals surface area contributed by atoms with Gasteiger partial charge in [0.2, 0.25) is 11.4 Å². The summed E-state index contributed by atoms with van der Waals surface area (Å²) in [6, 6.07) is 33.0. The van der Waals surface area contributed by atoms with E-state index in [0.717, 1.165) is 11.1 Å². The van der Waals surface area contributed by atoms with Crippen LogP contribution in [0.4, 0.5) is 0 Å². The average Bonchev–Trinajstić information content (AvgIpc) is 3.60. The molecule has 4 aromatic carbocycles. The Balaban J connectivity index is 0.948. The molecule has 0 saturated heterocycles. The highest BCUT2D eigenvalue weighted by Gasteiger charge is 2.38. The van der Waals surface area contributed by atoms with Gasteiger partial charge in [0.25, 0.3) is 0 Å². The molecule has 0 saturated carbocycles. The summed E-state index contributed by atoms with van der Waals surface area (Å²) in [7, 11) is 1.98. The second kappa shape index (κ2) is 15.4. The van der Waals surface area contributed by atoms with E-state index < -0.39 is 11.7 Å². The minimum absolute atomic E-state index is 0.0360. The van der Waals surface area contributed by atoms with Crippen LogP contribution in [0.15, 0.2) is 125 Å². The summed E-state index contributed by atoms with van der Waals surface area (Å²) in [5, 5.41) is 36.7. The first-order chi connectivity index (χ1) is 23.8. The lowest BCUT2D eigenvalue weighted by molar-refractivity contribution is 0.0852. The van der Waals surface area contributed by atoms with Crippen LogP contribution in [0.1, 0.15) is 45.6 Å². The van der Waals surface area contributed by atoms with Crippen LogP contribution in [0.25, 0.3) is 10.9 Å². The minimum atomic E-state index is -1.51. The van der Waals surface area contributed by atoms with Crippen molar-refractivity contribution in [3.8, 4) is 5.75 Å². The third-order valence-corrected chi connectivity index (χ3v) is 8.51. The molecule has 0 amide bonds. The molecule has 0 spiro atoms. The largest absolute Gasteiger partial charge is 0.506 e. The Hall–Kier alpha value is -5.10. The number of ether oxygens (including phenoxy) is 1. The van der Waals surface area contributed by atoms with Crippen LogP contribution in [0.3, 0.4) is 0 Å². The molecule has 0 aliphatic heterocycles. The Labute approximate surface area is 284 Å². The number of pyridine rings is 1. The van der Waals surface area contributed by atoms with Gasteiger partial charge in [-0.15, -0.1) is 0 Å². The molecular weight excluding hydrogens is 620 g/mol. The Morgan fingerprint density at radius 2 is 1.59 bits per heavy atom. The van der Waals surface area contributed by atoms with Crippen LogP contribution < -0.4 is 10.9 Å². The highest BCUT2D eigenvalue weighted by Crippen LogP contribution is 2.36. The number of H-pyrrole nitrogens is 1.